The van der Waals surface area contributed by atoms with Gasteiger partial charge in [-0.1, -0.05) is 6.07 Å². The Morgan fingerprint density at radius 3 is 2.39 bits per heavy atom. The van der Waals surface area contributed by atoms with Crippen LogP contribution in [0.25, 0.3) is 0 Å². The van der Waals surface area contributed by atoms with Gasteiger partial charge in [0.05, 0.1) is 5.56 Å². The molecule has 1 N–H and O–H groups in total. The van der Waals surface area contributed by atoms with Crippen LogP contribution >= 0.6 is 0 Å². The van der Waals surface area contributed by atoms with E-state index in [-0.39, 0.29) is 17.5 Å². The van der Waals surface area contributed by atoms with Crippen molar-refractivity contribution in [1.82, 2.24) is 4.90 Å². The molecule has 1 aliphatic rings. The maximum Gasteiger partial charge on any atom is 0.335 e. The van der Waals surface area contributed by atoms with Gasteiger partial charge in [0, 0.05) is 17.6 Å². The summed E-state index contributed by atoms with van der Waals surface area (Å²) in [6, 6.07) is 6.69. The first kappa shape index (κ1) is 12.6. The van der Waals surface area contributed by atoms with Crippen LogP contribution < -0.4 is 0 Å². The molecule has 0 atom stereocenters. The summed E-state index contributed by atoms with van der Waals surface area (Å²) in [6.45, 7) is 3.97. The standard InChI is InChI=1S/C14H17NO3/c1-9(2)15(12-6-7-12)13(16)10-4-3-5-11(8-10)14(17)18/h3-5,8-9,12H,6-7H2,1-2H3,(H,17,18). The van der Waals surface area contributed by atoms with E-state index in [0.717, 1.165) is 12.8 Å². The molecule has 0 saturated heterocycles. The Bertz CT molecular complexity index is 476. The summed E-state index contributed by atoms with van der Waals surface area (Å²) in [4.78, 5) is 25.1. The van der Waals surface area contributed by atoms with Crippen molar-refractivity contribution in [2.24, 2.45) is 0 Å². The van der Waals surface area contributed by atoms with Gasteiger partial charge in [-0.25, -0.2) is 4.79 Å². The number of carbonyl (C=O) groups excluding carboxylic acids is 1. The van der Waals surface area contributed by atoms with Gasteiger partial charge in [-0.2, -0.15) is 0 Å². The zero-order valence-corrected chi connectivity index (χ0v) is 10.6. The first-order valence-corrected chi connectivity index (χ1v) is 6.16. The van der Waals surface area contributed by atoms with Gasteiger partial charge in [0.2, 0.25) is 0 Å². The Hall–Kier alpha value is -1.84. The molecule has 1 aliphatic carbocycles. The lowest BCUT2D eigenvalue weighted by atomic mass is 10.1. The molecule has 0 spiro atoms. The quantitative estimate of drug-likeness (QED) is 0.888. The van der Waals surface area contributed by atoms with Gasteiger partial charge in [0.25, 0.3) is 5.91 Å². The van der Waals surface area contributed by atoms with Crippen molar-refractivity contribution in [3.8, 4) is 0 Å². The maximum absolute atomic E-state index is 12.4. The topological polar surface area (TPSA) is 57.6 Å². The smallest absolute Gasteiger partial charge is 0.335 e. The van der Waals surface area contributed by atoms with Gasteiger partial charge in [0.1, 0.15) is 0 Å². The molecule has 1 aromatic carbocycles. The fraction of sp³-hybridized carbons (Fsp3) is 0.429. The molecule has 0 heterocycles. The van der Waals surface area contributed by atoms with E-state index in [0.29, 0.717) is 11.6 Å². The van der Waals surface area contributed by atoms with Crippen molar-refractivity contribution in [2.45, 2.75) is 38.8 Å². The molecule has 0 aromatic heterocycles. The third-order valence-corrected chi connectivity index (χ3v) is 3.09. The molecule has 1 fully saturated rings. The van der Waals surface area contributed by atoms with E-state index in [4.69, 9.17) is 5.11 Å². The van der Waals surface area contributed by atoms with Crippen LogP contribution in [0.2, 0.25) is 0 Å². The third kappa shape index (κ3) is 2.53. The zero-order chi connectivity index (χ0) is 13.3. The summed E-state index contributed by atoms with van der Waals surface area (Å²) in [5.41, 5.74) is 0.607. The van der Waals surface area contributed by atoms with Crippen LogP contribution in [-0.4, -0.2) is 34.0 Å². The fourth-order valence-electron chi connectivity index (χ4n) is 2.11. The van der Waals surface area contributed by atoms with Crippen LogP contribution in [0.3, 0.4) is 0 Å². The predicted molar refractivity (Wildman–Crippen MR) is 67.7 cm³/mol. The Morgan fingerprint density at radius 2 is 1.89 bits per heavy atom. The summed E-state index contributed by atoms with van der Waals surface area (Å²) in [7, 11) is 0. The van der Waals surface area contributed by atoms with E-state index in [2.05, 4.69) is 0 Å². The van der Waals surface area contributed by atoms with Crippen LogP contribution in [0.1, 0.15) is 47.4 Å². The van der Waals surface area contributed by atoms with Crippen molar-refractivity contribution in [1.29, 1.82) is 0 Å². The van der Waals surface area contributed by atoms with Crippen LogP contribution in [0.4, 0.5) is 0 Å². The van der Waals surface area contributed by atoms with Gasteiger partial charge in [-0.3, -0.25) is 4.79 Å². The maximum atomic E-state index is 12.4. The Balaban J connectivity index is 2.26. The highest BCUT2D eigenvalue weighted by atomic mass is 16.4. The molecular formula is C14H17NO3. The van der Waals surface area contributed by atoms with Gasteiger partial charge < -0.3 is 10.0 Å². The molecule has 1 saturated carbocycles. The van der Waals surface area contributed by atoms with Crippen molar-refractivity contribution in [3.63, 3.8) is 0 Å². The van der Waals surface area contributed by atoms with Gasteiger partial charge in [0.15, 0.2) is 0 Å². The highest BCUT2D eigenvalue weighted by molar-refractivity contribution is 5.97. The Morgan fingerprint density at radius 1 is 1.28 bits per heavy atom. The first-order valence-electron chi connectivity index (χ1n) is 6.16. The zero-order valence-electron chi connectivity index (χ0n) is 10.6. The molecule has 0 bridgehead atoms. The number of hydrogen-bond acceptors (Lipinski definition) is 2. The fourth-order valence-corrected chi connectivity index (χ4v) is 2.11. The van der Waals surface area contributed by atoms with Crippen molar-refractivity contribution < 1.29 is 14.7 Å². The Labute approximate surface area is 106 Å². The van der Waals surface area contributed by atoms with Crippen molar-refractivity contribution >= 4 is 11.9 Å². The number of hydrogen-bond donors (Lipinski definition) is 1. The van der Waals surface area contributed by atoms with E-state index in [1.54, 1.807) is 12.1 Å². The number of carbonyl (C=O) groups is 2. The van der Waals surface area contributed by atoms with Crippen LogP contribution in [0.15, 0.2) is 24.3 Å². The average Bonchev–Trinajstić information content (AvgIpc) is 3.13. The molecule has 96 valence electrons. The van der Waals surface area contributed by atoms with Gasteiger partial charge in [-0.05, 0) is 44.9 Å². The third-order valence-electron chi connectivity index (χ3n) is 3.09. The predicted octanol–water partition coefficient (Wildman–Crippen LogP) is 2.40. The largest absolute Gasteiger partial charge is 0.478 e. The van der Waals surface area contributed by atoms with E-state index in [1.807, 2.05) is 18.7 Å². The van der Waals surface area contributed by atoms with E-state index in [1.165, 1.54) is 12.1 Å². The minimum absolute atomic E-state index is 0.0735. The van der Waals surface area contributed by atoms with Crippen molar-refractivity contribution in [2.75, 3.05) is 0 Å². The monoisotopic (exact) mass is 247 g/mol. The molecule has 0 radical (unpaired) electrons. The second-order valence-electron chi connectivity index (χ2n) is 4.92. The molecule has 4 nitrogen and oxygen atoms in total. The van der Waals surface area contributed by atoms with Gasteiger partial charge in [-0.15, -0.1) is 0 Å². The molecule has 18 heavy (non-hydrogen) atoms. The molecule has 2 rings (SSSR count). The highest BCUT2D eigenvalue weighted by Gasteiger charge is 2.34. The van der Waals surface area contributed by atoms with Crippen LogP contribution in [-0.2, 0) is 0 Å². The molecule has 1 aromatic rings. The summed E-state index contributed by atoms with van der Waals surface area (Å²) in [5, 5.41) is 8.94. The average molecular weight is 247 g/mol. The molecule has 4 heteroatoms. The lowest BCUT2D eigenvalue weighted by Crippen LogP contribution is -2.38. The van der Waals surface area contributed by atoms with E-state index in [9.17, 15) is 9.59 Å². The number of carboxylic acid groups (broad SMARTS) is 1. The highest BCUT2D eigenvalue weighted by Crippen LogP contribution is 2.30. The summed E-state index contributed by atoms with van der Waals surface area (Å²) in [5.74, 6) is -1.08. The summed E-state index contributed by atoms with van der Waals surface area (Å²) >= 11 is 0. The first-order chi connectivity index (χ1) is 8.50. The molecule has 0 aliphatic heterocycles. The lowest BCUT2D eigenvalue weighted by molar-refractivity contribution is 0.0690. The number of aromatic carboxylic acids is 1. The summed E-state index contributed by atoms with van der Waals surface area (Å²) in [6.07, 6.45) is 2.09. The second kappa shape index (κ2) is 4.80. The van der Waals surface area contributed by atoms with Crippen LogP contribution in [0, 0.1) is 0 Å². The number of amides is 1. The SMILES string of the molecule is CC(C)N(C(=O)c1cccc(C(=O)O)c1)C1CC1. The number of carboxylic acids is 1. The van der Waals surface area contributed by atoms with E-state index >= 15 is 0 Å². The molecular weight excluding hydrogens is 230 g/mol. The second-order valence-corrected chi connectivity index (χ2v) is 4.92. The Kier molecular flexibility index (Phi) is 3.36. The lowest BCUT2D eigenvalue weighted by Gasteiger charge is -2.26. The molecule has 0 unspecified atom stereocenters. The normalized spacial score (nSPS) is 14.6. The van der Waals surface area contributed by atoms with Gasteiger partial charge >= 0.3 is 5.97 Å². The van der Waals surface area contributed by atoms with Crippen molar-refractivity contribution in [3.05, 3.63) is 35.4 Å². The number of nitrogens with zero attached hydrogens (tertiary/aromatic N) is 1. The van der Waals surface area contributed by atoms with E-state index < -0.39 is 5.97 Å². The van der Waals surface area contributed by atoms with Crippen LogP contribution in [0.5, 0.6) is 0 Å². The minimum atomic E-state index is -1.01. The summed E-state index contributed by atoms with van der Waals surface area (Å²) < 4.78 is 0. The molecule has 1 amide bonds. The minimum Gasteiger partial charge on any atom is -0.478 e. The number of rotatable bonds is 4. The number of benzene rings is 1.